The lowest BCUT2D eigenvalue weighted by Crippen LogP contribution is -2.04. The molecule has 0 amide bonds. The molecule has 0 atom stereocenters. The number of nitrogens with one attached hydrogen (secondary N) is 1. The van der Waals surface area contributed by atoms with Gasteiger partial charge in [-0.3, -0.25) is 4.99 Å². The van der Waals surface area contributed by atoms with Crippen molar-refractivity contribution in [1.29, 1.82) is 0 Å². The van der Waals surface area contributed by atoms with Gasteiger partial charge in [-0.2, -0.15) is 0 Å². The number of rotatable bonds is 10. The van der Waals surface area contributed by atoms with E-state index in [-0.39, 0.29) is 8.16 Å². The van der Waals surface area contributed by atoms with Crippen LogP contribution >= 0.6 is 0 Å². The summed E-state index contributed by atoms with van der Waals surface area (Å²) in [6.07, 6.45) is 8.51. The van der Waals surface area contributed by atoms with E-state index in [0.29, 0.717) is 6.61 Å². The molecule has 3 N–H and O–H groups in total. The van der Waals surface area contributed by atoms with Crippen LogP contribution in [0.25, 0.3) is 0 Å². The van der Waals surface area contributed by atoms with Crippen molar-refractivity contribution >= 4 is 17.6 Å². The van der Waals surface area contributed by atoms with Crippen LogP contribution in [0.3, 0.4) is 0 Å². The van der Waals surface area contributed by atoms with Crippen LogP contribution in [0, 0.1) is 0 Å². The molecule has 2 aromatic rings. The van der Waals surface area contributed by atoms with Gasteiger partial charge in [-0.25, -0.2) is 4.39 Å². The Labute approximate surface area is 167 Å². The monoisotopic (exact) mass is 387 g/mol. The normalized spacial score (nSPS) is 11.0. The van der Waals surface area contributed by atoms with Crippen molar-refractivity contribution in [2.24, 2.45) is 10.7 Å². The number of alkyl halides is 1. The highest BCUT2D eigenvalue weighted by molar-refractivity contribution is 5.74. The van der Waals surface area contributed by atoms with E-state index >= 15 is 0 Å². The van der Waals surface area contributed by atoms with E-state index in [9.17, 15) is 4.39 Å². The molecular formula is C22H30FN3O2. The quantitative estimate of drug-likeness (QED) is 0.242. The van der Waals surface area contributed by atoms with Gasteiger partial charge in [-0.05, 0) is 60.3 Å². The van der Waals surface area contributed by atoms with E-state index < -0.39 is 6.86 Å². The molecule has 0 fully saturated rings. The Morgan fingerprint density at radius 3 is 2.39 bits per heavy atom. The molecule has 28 heavy (non-hydrogen) atoms. The number of ether oxygens (including phenoxy) is 2. The largest absolute Gasteiger partial charge is 0.489 e. The number of nitrogens with two attached hydrogens (primary N) is 1. The molecule has 0 aliphatic heterocycles. The zero-order chi connectivity index (χ0) is 20.5. The van der Waals surface area contributed by atoms with E-state index in [0.717, 1.165) is 22.7 Å². The van der Waals surface area contributed by atoms with Gasteiger partial charge in [0.25, 0.3) is 0 Å². The molecule has 5 nitrogen and oxygen atoms in total. The van der Waals surface area contributed by atoms with Crippen LogP contribution in [-0.2, 0) is 11.3 Å². The van der Waals surface area contributed by atoms with Gasteiger partial charge in [0.1, 0.15) is 19.1 Å². The first-order valence-electron chi connectivity index (χ1n) is 9.09. The summed E-state index contributed by atoms with van der Waals surface area (Å²) in [7, 11) is 0. The molecule has 0 aliphatic carbocycles. The second-order valence-electron chi connectivity index (χ2n) is 5.16. The van der Waals surface area contributed by atoms with Crippen LogP contribution in [0.1, 0.15) is 20.8 Å². The molecule has 152 valence electrons. The highest BCUT2D eigenvalue weighted by atomic mass is 19.1. The average molecular weight is 387 g/mol. The van der Waals surface area contributed by atoms with Crippen LogP contribution in [0.5, 0.6) is 5.75 Å². The number of hydrogen-bond donors (Lipinski definition) is 2. The fourth-order valence-corrected chi connectivity index (χ4v) is 1.99. The standard InChI is InChI=1S/C20H22FN3O2.C2H6.H2/c21-15-25-16-24-19-8-10-20(11-9-19)26-14-17-4-6-18(7-5-17)23-13-3-1-2-12-22;1-2;/h1-13,24H,14-16,22H2;1-2H3;1H/b3-1+,12-2+,23-13?;;. The molecule has 0 heterocycles. The Morgan fingerprint density at radius 2 is 1.75 bits per heavy atom. The zero-order valence-corrected chi connectivity index (χ0v) is 16.3. The topological polar surface area (TPSA) is 68.9 Å². The summed E-state index contributed by atoms with van der Waals surface area (Å²) in [6.45, 7) is 3.79. The number of nitrogens with zero attached hydrogens (tertiary/aromatic N) is 1. The van der Waals surface area contributed by atoms with Crippen molar-refractivity contribution in [3.63, 3.8) is 0 Å². The number of hydrogen-bond acceptors (Lipinski definition) is 5. The van der Waals surface area contributed by atoms with Gasteiger partial charge in [0.15, 0.2) is 6.86 Å². The molecule has 0 saturated heterocycles. The Kier molecular flexibility index (Phi) is 12.3. The molecule has 0 saturated carbocycles. The van der Waals surface area contributed by atoms with Gasteiger partial charge < -0.3 is 20.5 Å². The van der Waals surface area contributed by atoms with Crippen molar-refractivity contribution < 1.29 is 15.3 Å². The van der Waals surface area contributed by atoms with Crippen molar-refractivity contribution in [1.82, 2.24) is 0 Å². The van der Waals surface area contributed by atoms with Gasteiger partial charge in [-0.1, -0.05) is 32.1 Å². The molecule has 0 radical (unpaired) electrons. The fraction of sp³-hybridized carbons (Fsp3) is 0.227. The van der Waals surface area contributed by atoms with Gasteiger partial charge in [0.2, 0.25) is 0 Å². The maximum Gasteiger partial charge on any atom is 0.190 e. The van der Waals surface area contributed by atoms with Gasteiger partial charge in [0.05, 0.1) is 5.69 Å². The molecular weight excluding hydrogens is 357 g/mol. The zero-order valence-electron chi connectivity index (χ0n) is 16.3. The number of halogens is 1. The third-order valence-electron chi connectivity index (χ3n) is 3.29. The van der Waals surface area contributed by atoms with Crippen LogP contribution in [-0.4, -0.2) is 19.8 Å². The molecule has 0 spiro atoms. The third kappa shape index (κ3) is 9.54. The fourth-order valence-electron chi connectivity index (χ4n) is 1.99. The lowest BCUT2D eigenvalue weighted by Gasteiger charge is -2.09. The molecule has 6 heteroatoms. The lowest BCUT2D eigenvalue weighted by atomic mass is 10.2. The average Bonchev–Trinajstić information content (AvgIpc) is 2.75. The van der Waals surface area contributed by atoms with Crippen LogP contribution in [0.2, 0.25) is 0 Å². The minimum absolute atomic E-state index is 0. The minimum Gasteiger partial charge on any atom is -0.489 e. The second-order valence-corrected chi connectivity index (χ2v) is 5.16. The summed E-state index contributed by atoms with van der Waals surface area (Å²) in [6, 6.07) is 15.2. The number of benzene rings is 2. The van der Waals surface area contributed by atoms with Gasteiger partial charge in [-0.15, -0.1) is 0 Å². The summed E-state index contributed by atoms with van der Waals surface area (Å²) < 4.78 is 22.2. The predicted molar refractivity (Wildman–Crippen MR) is 117 cm³/mol. The minimum atomic E-state index is -0.805. The van der Waals surface area contributed by atoms with Crippen LogP contribution in [0.15, 0.2) is 78.0 Å². The van der Waals surface area contributed by atoms with E-state index in [1.165, 1.54) is 6.20 Å². The highest BCUT2D eigenvalue weighted by Crippen LogP contribution is 2.18. The number of allylic oxidation sites excluding steroid dienone is 3. The SMILES string of the molecule is CC.N/C=C/C=C/C=Nc1ccc(COc2ccc(NCOCF)cc2)cc1.[HH]. The molecule has 0 aliphatic rings. The van der Waals surface area contributed by atoms with Crippen molar-refractivity contribution in [3.05, 3.63) is 78.5 Å². The first kappa shape index (κ1) is 22.9. The van der Waals surface area contributed by atoms with E-state index in [1.807, 2.05) is 68.5 Å². The first-order valence-corrected chi connectivity index (χ1v) is 9.09. The number of aliphatic imine (C=N–C) groups is 1. The first-order chi connectivity index (χ1) is 13.8. The molecule has 0 unspecified atom stereocenters. The highest BCUT2D eigenvalue weighted by Gasteiger charge is 1.98. The Bertz CT molecular complexity index is 733. The Morgan fingerprint density at radius 1 is 1.04 bits per heavy atom. The smallest absolute Gasteiger partial charge is 0.190 e. The van der Waals surface area contributed by atoms with Crippen molar-refractivity contribution in [2.75, 3.05) is 18.9 Å². The second kappa shape index (κ2) is 15.0. The Balaban J connectivity index is 0.00000253. The summed E-state index contributed by atoms with van der Waals surface area (Å²) >= 11 is 0. The maximum absolute atomic E-state index is 11.9. The van der Waals surface area contributed by atoms with Crippen LogP contribution < -0.4 is 15.8 Å². The maximum atomic E-state index is 11.9. The van der Waals surface area contributed by atoms with E-state index in [4.69, 9.17) is 10.5 Å². The van der Waals surface area contributed by atoms with E-state index in [1.54, 1.807) is 18.4 Å². The van der Waals surface area contributed by atoms with Crippen molar-refractivity contribution in [3.8, 4) is 5.75 Å². The summed E-state index contributed by atoms with van der Waals surface area (Å²) in [4.78, 5) is 4.31. The third-order valence-corrected chi connectivity index (χ3v) is 3.29. The van der Waals surface area contributed by atoms with E-state index in [2.05, 4.69) is 15.0 Å². The van der Waals surface area contributed by atoms with Gasteiger partial charge >= 0.3 is 0 Å². The molecule has 0 bridgehead atoms. The van der Waals surface area contributed by atoms with Crippen molar-refractivity contribution in [2.45, 2.75) is 20.5 Å². The number of anilines is 1. The molecule has 2 rings (SSSR count). The lowest BCUT2D eigenvalue weighted by molar-refractivity contribution is 0.0706. The summed E-state index contributed by atoms with van der Waals surface area (Å²) in [5.41, 5.74) is 7.98. The molecule has 0 aromatic heterocycles. The summed E-state index contributed by atoms with van der Waals surface area (Å²) in [5.74, 6) is 0.752. The molecule has 2 aromatic carbocycles. The summed E-state index contributed by atoms with van der Waals surface area (Å²) in [5, 5.41) is 2.93. The Hall–Kier alpha value is -3.12. The van der Waals surface area contributed by atoms with Crippen LogP contribution in [0.4, 0.5) is 15.8 Å². The van der Waals surface area contributed by atoms with Gasteiger partial charge in [0, 0.05) is 13.3 Å². The predicted octanol–water partition coefficient (Wildman–Crippen LogP) is 5.58.